The van der Waals surface area contributed by atoms with Crippen LogP contribution >= 0.6 is 39.7 Å². The van der Waals surface area contributed by atoms with Gasteiger partial charge in [0, 0.05) is 16.9 Å². The number of hydrazone groups is 1. The molecule has 0 fully saturated rings. The highest BCUT2D eigenvalue weighted by Crippen LogP contribution is 2.10. The fraction of sp³-hybridized carbons (Fsp3) is 0.222. The van der Waals surface area contributed by atoms with E-state index in [1.807, 2.05) is 54.6 Å². The molecule has 0 saturated carbocycles. The average Bonchev–Trinajstić information content (AvgIpc) is 2.65. The lowest BCUT2D eigenvalue weighted by Crippen LogP contribution is -2.38. The van der Waals surface area contributed by atoms with Crippen molar-refractivity contribution in [3.8, 4) is 0 Å². The normalized spacial score (nSPS) is 11.2. The zero-order valence-electron chi connectivity index (χ0n) is 13.5. The van der Waals surface area contributed by atoms with Gasteiger partial charge in [-0.25, -0.2) is 5.01 Å². The van der Waals surface area contributed by atoms with E-state index in [0.29, 0.717) is 28.6 Å². The molecule has 2 aromatic carbocycles. The van der Waals surface area contributed by atoms with Gasteiger partial charge in [-0.1, -0.05) is 70.0 Å². The molecule has 0 heterocycles. The third-order valence-electron chi connectivity index (χ3n) is 3.38. The Balaban J connectivity index is 2.08. The summed E-state index contributed by atoms with van der Waals surface area (Å²) in [7, 11) is 0. The zero-order valence-corrected chi connectivity index (χ0v) is 16.7. The van der Waals surface area contributed by atoms with Crippen LogP contribution in [0.4, 0.5) is 0 Å². The van der Waals surface area contributed by atoms with E-state index >= 15 is 0 Å². The Morgan fingerprint density at radius 2 is 1.84 bits per heavy atom. The Kier molecular flexibility index (Phi) is 8.34. The van der Waals surface area contributed by atoms with E-state index in [2.05, 4.69) is 26.3 Å². The van der Waals surface area contributed by atoms with E-state index < -0.39 is 0 Å². The standard InChI is InChI=1S/C18H19BrClN3OS/c19-12-17(15-4-2-1-3-5-15)22-23(10-11-24)18(25)21-13-14-6-8-16(20)9-7-14/h1-9,24H,10-13H2,(H,21,25)/b22-17-. The quantitative estimate of drug-likeness (QED) is 0.297. The molecule has 0 aliphatic carbocycles. The number of halogens is 2. The van der Waals surface area contributed by atoms with E-state index in [1.54, 1.807) is 5.01 Å². The number of hydrogen-bond acceptors (Lipinski definition) is 3. The van der Waals surface area contributed by atoms with Crippen molar-refractivity contribution in [1.29, 1.82) is 0 Å². The average molecular weight is 441 g/mol. The Morgan fingerprint density at radius 3 is 2.44 bits per heavy atom. The minimum absolute atomic E-state index is 0.0450. The molecule has 25 heavy (non-hydrogen) atoms. The first kappa shape index (κ1) is 19.8. The second kappa shape index (κ2) is 10.5. The SMILES string of the molecule is OCCN(/N=C(/CBr)c1ccccc1)C(=S)NCc1ccc(Cl)cc1. The molecular formula is C18H19BrClN3OS. The summed E-state index contributed by atoms with van der Waals surface area (Å²) in [4.78, 5) is 0. The third kappa shape index (κ3) is 6.40. The molecule has 7 heteroatoms. The van der Waals surface area contributed by atoms with Gasteiger partial charge in [-0.3, -0.25) is 0 Å². The van der Waals surface area contributed by atoms with Crippen LogP contribution in [0.5, 0.6) is 0 Å². The van der Waals surface area contributed by atoms with Gasteiger partial charge in [-0.15, -0.1) is 0 Å². The van der Waals surface area contributed by atoms with Crippen molar-refractivity contribution in [1.82, 2.24) is 10.3 Å². The van der Waals surface area contributed by atoms with Gasteiger partial charge < -0.3 is 10.4 Å². The lowest BCUT2D eigenvalue weighted by Gasteiger charge is -2.21. The molecule has 0 aliphatic heterocycles. The Labute approximate surface area is 166 Å². The monoisotopic (exact) mass is 439 g/mol. The first-order valence-electron chi connectivity index (χ1n) is 7.73. The molecule has 0 bridgehead atoms. The third-order valence-corrected chi connectivity index (χ3v) is 4.52. The van der Waals surface area contributed by atoms with E-state index in [0.717, 1.165) is 16.8 Å². The number of aliphatic hydroxyl groups is 1. The molecule has 0 saturated heterocycles. The molecule has 0 aromatic heterocycles. The lowest BCUT2D eigenvalue weighted by molar-refractivity contribution is 0.252. The van der Waals surface area contributed by atoms with Gasteiger partial charge in [0.1, 0.15) is 0 Å². The molecule has 2 N–H and O–H groups in total. The smallest absolute Gasteiger partial charge is 0.189 e. The molecule has 0 aliphatic rings. The minimum atomic E-state index is -0.0450. The minimum Gasteiger partial charge on any atom is -0.394 e. The Bertz CT molecular complexity index is 710. The van der Waals surface area contributed by atoms with E-state index in [4.69, 9.17) is 23.8 Å². The highest BCUT2D eigenvalue weighted by molar-refractivity contribution is 9.09. The van der Waals surface area contributed by atoms with Crippen molar-refractivity contribution in [3.05, 3.63) is 70.7 Å². The maximum Gasteiger partial charge on any atom is 0.189 e. The van der Waals surface area contributed by atoms with Gasteiger partial charge in [-0.05, 0) is 35.5 Å². The van der Waals surface area contributed by atoms with Crippen molar-refractivity contribution < 1.29 is 5.11 Å². The topological polar surface area (TPSA) is 47.9 Å². The molecular weight excluding hydrogens is 422 g/mol. The van der Waals surface area contributed by atoms with E-state index in [1.165, 1.54) is 0 Å². The summed E-state index contributed by atoms with van der Waals surface area (Å²) >= 11 is 14.8. The highest BCUT2D eigenvalue weighted by Gasteiger charge is 2.11. The largest absolute Gasteiger partial charge is 0.394 e. The molecule has 0 atom stereocenters. The number of nitrogens with one attached hydrogen (secondary N) is 1. The van der Waals surface area contributed by atoms with Gasteiger partial charge in [0.05, 0.1) is 18.9 Å². The summed E-state index contributed by atoms with van der Waals surface area (Å²) in [5.74, 6) is 0. The number of hydrogen-bond donors (Lipinski definition) is 2. The number of aliphatic hydroxyl groups excluding tert-OH is 1. The van der Waals surface area contributed by atoms with Crippen LogP contribution in [0.15, 0.2) is 59.7 Å². The molecule has 0 radical (unpaired) electrons. The molecule has 2 rings (SSSR count). The van der Waals surface area contributed by atoms with Crippen LogP contribution in [0.2, 0.25) is 5.02 Å². The summed E-state index contributed by atoms with van der Waals surface area (Å²) in [5, 5.41) is 20.4. The van der Waals surface area contributed by atoms with Crippen LogP contribution in [-0.4, -0.2) is 39.4 Å². The first-order valence-corrected chi connectivity index (χ1v) is 9.64. The van der Waals surface area contributed by atoms with Crippen LogP contribution in [-0.2, 0) is 6.54 Å². The maximum absolute atomic E-state index is 9.33. The number of rotatable bonds is 7. The van der Waals surface area contributed by atoms with Crippen LogP contribution < -0.4 is 5.32 Å². The van der Waals surface area contributed by atoms with Crippen molar-refractivity contribution in [3.63, 3.8) is 0 Å². The van der Waals surface area contributed by atoms with E-state index in [-0.39, 0.29) is 6.61 Å². The van der Waals surface area contributed by atoms with Gasteiger partial charge in [-0.2, -0.15) is 5.10 Å². The Morgan fingerprint density at radius 1 is 1.16 bits per heavy atom. The van der Waals surface area contributed by atoms with E-state index in [9.17, 15) is 5.11 Å². The second-order valence-corrected chi connectivity index (χ2v) is 6.56. The molecule has 132 valence electrons. The number of alkyl halides is 1. The van der Waals surface area contributed by atoms with Gasteiger partial charge in [0.25, 0.3) is 0 Å². The highest BCUT2D eigenvalue weighted by atomic mass is 79.9. The summed E-state index contributed by atoms with van der Waals surface area (Å²) in [6, 6.07) is 17.4. The summed E-state index contributed by atoms with van der Waals surface area (Å²) in [5.41, 5.74) is 2.90. The zero-order chi connectivity index (χ0) is 18.1. The van der Waals surface area contributed by atoms with Gasteiger partial charge >= 0.3 is 0 Å². The summed E-state index contributed by atoms with van der Waals surface area (Å²) in [6.45, 7) is 0.828. The van der Waals surface area contributed by atoms with Crippen molar-refractivity contribution in [2.24, 2.45) is 5.10 Å². The molecule has 0 spiro atoms. The number of nitrogens with zero attached hydrogens (tertiary/aromatic N) is 2. The van der Waals surface area contributed by atoms with Gasteiger partial charge in [0.2, 0.25) is 0 Å². The molecule has 4 nitrogen and oxygen atoms in total. The Hall–Kier alpha value is -1.47. The second-order valence-electron chi connectivity index (χ2n) is 5.18. The summed E-state index contributed by atoms with van der Waals surface area (Å²) < 4.78 is 0. The number of thiocarbonyl (C=S) groups is 1. The van der Waals surface area contributed by atoms with Crippen LogP contribution in [0, 0.1) is 0 Å². The first-order chi connectivity index (χ1) is 12.1. The summed E-state index contributed by atoms with van der Waals surface area (Å²) in [6.07, 6.45) is 0. The predicted molar refractivity (Wildman–Crippen MR) is 111 cm³/mol. The fourth-order valence-electron chi connectivity index (χ4n) is 2.10. The molecule has 2 aromatic rings. The van der Waals surface area contributed by atoms with Crippen LogP contribution in [0.1, 0.15) is 11.1 Å². The number of benzene rings is 2. The van der Waals surface area contributed by atoms with Crippen molar-refractivity contribution in [2.45, 2.75) is 6.54 Å². The van der Waals surface area contributed by atoms with Crippen molar-refractivity contribution >= 4 is 50.6 Å². The fourth-order valence-corrected chi connectivity index (χ4v) is 2.87. The van der Waals surface area contributed by atoms with Crippen molar-refractivity contribution in [2.75, 3.05) is 18.5 Å². The molecule has 0 amide bonds. The van der Waals surface area contributed by atoms with Crippen LogP contribution in [0.25, 0.3) is 0 Å². The predicted octanol–water partition coefficient (Wildman–Crippen LogP) is 3.81. The molecule has 0 unspecified atom stereocenters. The van der Waals surface area contributed by atoms with Crippen LogP contribution in [0.3, 0.4) is 0 Å². The van der Waals surface area contributed by atoms with Gasteiger partial charge in [0.15, 0.2) is 5.11 Å². The maximum atomic E-state index is 9.33. The lowest BCUT2D eigenvalue weighted by atomic mass is 10.1.